The van der Waals surface area contributed by atoms with Crippen LogP contribution in [0.5, 0.6) is 0 Å². The SMILES string of the molecule is O=C(Cc1ccccc1)N[C@@H](Cc1cn(-c2ccc([N+](=O)[O-])cc2[N+](=O)[O-])cn1)C(=O)O. The fraction of sp³-hybridized carbons (Fsp3) is 0.150. The second kappa shape index (κ2) is 9.47. The molecule has 1 aromatic heterocycles. The van der Waals surface area contributed by atoms with Crippen molar-refractivity contribution >= 4 is 23.3 Å². The molecule has 0 aliphatic rings. The molecular weight excluding hydrogens is 422 g/mol. The number of nitro benzene ring substituents is 2. The van der Waals surface area contributed by atoms with Crippen molar-refractivity contribution in [3.05, 3.63) is 92.5 Å². The molecule has 0 radical (unpaired) electrons. The maximum absolute atomic E-state index is 12.2. The number of carbonyl (C=O) groups is 2. The summed E-state index contributed by atoms with van der Waals surface area (Å²) < 4.78 is 1.27. The van der Waals surface area contributed by atoms with Gasteiger partial charge < -0.3 is 10.4 Å². The molecule has 1 amide bonds. The summed E-state index contributed by atoms with van der Waals surface area (Å²) in [7, 11) is 0. The zero-order chi connectivity index (χ0) is 23.3. The number of carbonyl (C=O) groups excluding carboxylic acids is 1. The van der Waals surface area contributed by atoms with Crippen LogP contribution in [0.1, 0.15) is 11.3 Å². The van der Waals surface area contributed by atoms with Gasteiger partial charge in [0.05, 0.1) is 34.4 Å². The molecule has 0 unspecified atom stereocenters. The van der Waals surface area contributed by atoms with E-state index in [0.717, 1.165) is 17.7 Å². The highest BCUT2D eigenvalue weighted by molar-refractivity contribution is 5.85. The molecule has 1 heterocycles. The molecule has 164 valence electrons. The van der Waals surface area contributed by atoms with Crippen molar-refractivity contribution in [2.24, 2.45) is 0 Å². The lowest BCUT2D eigenvalue weighted by Gasteiger charge is -2.13. The number of nitrogens with one attached hydrogen (secondary N) is 1. The normalized spacial score (nSPS) is 11.5. The topological polar surface area (TPSA) is 170 Å². The number of rotatable bonds is 9. The number of nitrogens with zero attached hydrogens (tertiary/aromatic N) is 4. The summed E-state index contributed by atoms with van der Waals surface area (Å²) in [5.74, 6) is -1.74. The van der Waals surface area contributed by atoms with Gasteiger partial charge in [0.1, 0.15) is 11.7 Å². The van der Waals surface area contributed by atoms with Gasteiger partial charge in [-0.1, -0.05) is 30.3 Å². The summed E-state index contributed by atoms with van der Waals surface area (Å²) in [5.41, 5.74) is 0.0651. The average molecular weight is 439 g/mol. The Morgan fingerprint density at radius 2 is 1.81 bits per heavy atom. The number of hydrogen-bond donors (Lipinski definition) is 2. The highest BCUT2D eigenvalue weighted by Gasteiger charge is 2.24. The first-order valence-corrected chi connectivity index (χ1v) is 9.26. The summed E-state index contributed by atoms with van der Waals surface area (Å²) in [6.07, 6.45) is 2.44. The number of hydrogen-bond acceptors (Lipinski definition) is 7. The molecule has 0 spiro atoms. The van der Waals surface area contributed by atoms with E-state index < -0.39 is 39.1 Å². The summed E-state index contributed by atoms with van der Waals surface area (Å²) in [5, 5.41) is 34.1. The molecule has 12 heteroatoms. The third-order valence-corrected chi connectivity index (χ3v) is 4.53. The van der Waals surface area contributed by atoms with Crippen LogP contribution in [0.4, 0.5) is 11.4 Å². The van der Waals surface area contributed by atoms with Gasteiger partial charge in [0.25, 0.3) is 11.4 Å². The third kappa shape index (κ3) is 5.30. The number of carboxylic acid groups (broad SMARTS) is 1. The number of non-ortho nitro benzene ring substituents is 1. The minimum absolute atomic E-state index is 0.00799. The quantitative estimate of drug-likeness (QED) is 0.377. The van der Waals surface area contributed by atoms with E-state index in [1.807, 2.05) is 0 Å². The first-order valence-electron chi connectivity index (χ1n) is 9.26. The van der Waals surface area contributed by atoms with Crippen molar-refractivity contribution in [2.45, 2.75) is 18.9 Å². The Morgan fingerprint density at radius 3 is 2.44 bits per heavy atom. The molecule has 2 N–H and O–H groups in total. The van der Waals surface area contributed by atoms with Crippen molar-refractivity contribution in [3.63, 3.8) is 0 Å². The van der Waals surface area contributed by atoms with Crippen LogP contribution >= 0.6 is 0 Å². The maximum Gasteiger partial charge on any atom is 0.326 e. The van der Waals surface area contributed by atoms with E-state index in [4.69, 9.17) is 0 Å². The van der Waals surface area contributed by atoms with Crippen LogP contribution in [0, 0.1) is 20.2 Å². The second-order valence-corrected chi connectivity index (χ2v) is 6.78. The lowest BCUT2D eigenvalue weighted by molar-refractivity contribution is -0.394. The summed E-state index contributed by atoms with van der Waals surface area (Å²) in [4.78, 5) is 48.6. The van der Waals surface area contributed by atoms with Gasteiger partial charge in [-0.2, -0.15) is 0 Å². The van der Waals surface area contributed by atoms with Crippen molar-refractivity contribution in [2.75, 3.05) is 0 Å². The van der Waals surface area contributed by atoms with Gasteiger partial charge in [0.2, 0.25) is 5.91 Å². The van der Waals surface area contributed by atoms with Crippen LogP contribution in [0.25, 0.3) is 5.69 Å². The molecule has 0 aliphatic heterocycles. The molecular formula is C20H17N5O7. The van der Waals surface area contributed by atoms with Gasteiger partial charge in [-0.25, -0.2) is 9.78 Å². The zero-order valence-corrected chi connectivity index (χ0v) is 16.5. The van der Waals surface area contributed by atoms with Crippen LogP contribution in [0.15, 0.2) is 61.1 Å². The van der Waals surface area contributed by atoms with Crippen molar-refractivity contribution < 1.29 is 24.5 Å². The molecule has 0 aliphatic carbocycles. The predicted molar refractivity (Wildman–Crippen MR) is 110 cm³/mol. The standard InChI is InChI=1S/C20H17N5O7/c26-19(8-13-4-2-1-3-5-13)22-16(20(27)28)9-14-11-23(12-21-14)17-7-6-15(24(29)30)10-18(17)25(31)32/h1-7,10-12,16H,8-9H2,(H,22,26)(H,27,28)/t16-/m0/s1. The Balaban J connectivity index is 1.76. The summed E-state index contributed by atoms with van der Waals surface area (Å²) in [6.45, 7) is 0. The first-order chi connectivity index (χ1) is 15.2. The lowest BCUT2D eigenvalue weighted by atomic mass is 10.1. The van der Waals surface area contributed by atoms with Crippen LogP contribution in [0.3, 0.4) is 0 Å². The number of benzene rings is 2. The molecule has 3 rings (SSSR count). The van der Waals surface area contributed by atoms with E-state index in [-0.39, 0.29) is 24.2 Å². The fourth-order valence-corrected chi connectivity index (χ4v) is 3.03. The molecule has 32 heavy (non-hydrogen) atoms. The molecule has 0 fully saturated rings. The minimum atomic E-state index is -1.26. The van der Waals surface area contributed by atoms with Gasteiger partial charge in [-0.15, -0.1) is 0 Å². The van der Waals surface area contributed by atoms with Crippen LogP contribution in [-0.4, -0.2) is 42.4 Å². The molecule has 1 atom stereocenters. The molecule has 3 aromatic rings. The highest BCUT2D eigenvalue weighted by Crippen LogP contribution is 2.28. The Kier molecular flexibility index (Phi) is 6.53. The maximum atomic E-state index is 12.2. The Hall–Kier alpha value is -4.61. The largest absolute Gasteiger partial charge is 0.480 e. The summed E-state index contributed by atoms with van der Waals surface area (Å²) in [6, 6.07) is 10.7. The third-order valence-electron chi connectivity index (χ3n) is 4.53. The number of aliphatic carboxylic acids is 1. The minimum Gasteiger partial charge on any atom is -0.480 e. The van der Waals surface area contributed by atoms with E-state index in [2.05, 4.69) is 10.3 Å². The van der Waals surface area contributed by atoms with Gasteiger partial charge in [-0.3, -0.25) is 29.6 Å². The van der Waals surface area contributed by atoms with Gasteiger partial charge in [0, 0.05) is 18.7 Å². The lowest BCUT2D eigenvalue weighted by Crippen LogP contribution is -2.43. The van der Waals surface area contributed by atoms with E-state index in [9.17, 15) is 34.9 Å². The molecule has 12 nitrogen and oxygen atoms in total. The van der Waals surface area contributed by atoms with E-state index in [1.165, 1.54) is 23.2 Å². The van der Waals surface area contributed by atoms with E-state index >= 15 is 0 Å². The molecule has 0 saturated carbocycles. The van der Waals surface area contributed by atoms with Gasteiger partial charge in [0.15, 0.2) is 0 Å². The highest BCUT2D eigenvalue weighted by atomic mass is 16.6. The Labute approximate surface area is 180 Å². The van der Waals surface area contributed by atoms with Crippen LogP contribution in [-0.2, 0) is 22.4 Å². The Morgan fingerprint density at radius 1 is 1.09 bits per heavy atom. The van der Waals surface area contributed by atoms with Crippen molar-refractivity contribution in [1.82, 2.24) is 14.9 Å². The van der Waals surface area contributed by atoms with Gasteiger partial charge in [-0.05, 0) is 11.6 Å². The monoisotopic (exact) mass is 439 g/mol. The van der Waals surface area contributed by atoms with E-state index in [1.54, 1.807) is 30.3 Å². The first kappa shape index (κ1) is 22.1. The number of aromatic nitrogens is 2. The molecule has 0 bridgehead atoms. The van der Waals surface area contributed by atoms with Crippen LogP contribution < -0.4 is 5.32 Å². The van der Waals surface area contributed by atoms with E-state index in [0.29, 0.717) is 0 Å². The molecule has 2 aromatic carbocycles. The smallest absolute Gasteiger partial charge is 0.326 e. The molecule has 0 saturated heterocycles. The Bertz CT molecular complexity index is 1180. The fourth-order valence-electron chi connectivity index (χ4n) is 3.03. The summed E-state index contributed by atoms with van der Waals surface area (Å²) >= 11 is 0. The number of nitro groups is 2. The van der Waals surface area contributed by atoms with Crippen molar-refractivity contribution in [3.8, 4) is 5.69 Å². The zero-order valence-electron chi connectivity index (χ0n) is 16.5. The van der Waals surface area contributed by atoms with Gasteiger partial charge >= 0.3 is 5.97 Å². The average Bonchev–Trinajstić information content (AvgIpc) is 3.21. The number of carboxylic acids is 1. The van der Waals surface area contributed by atoms with Crippen molar-refractivity contribution in [1.29, 1.82) is 0 Å². The van der Waals surface area contributed by atoms with Crippen LogP contribution in [0.2, 0.25) is 0 Å². The predicted octanol–water partition coefficient (Wildman–Crippen LogP) is 2.04. The number of imidazole rings is 1. The number of amides is 1. The second-order valence-electron chi connectivity index (χ2n) is 6.78.